The van der Waals surface area contributed by atoms with Crippen LogP contribution < -0.4 is 0 Å². The van der Waals surface area contributed by atoms with Crippen molar-refractivity contribution in [2.75, 3.05) is 0 Å². The van der Waals surface area contributed by atoms with Crippen molar-refractivity contribution >= 4 is 10.4 Å². The van der Waals surface area contributed by atoms with Crippen LogP contribution in [0.4, 0.5) is 0 Å². The summed E-state index contributed by atoms with van der Waals surface area (Å²) in [6.07, 6.45) is 0. The molecule has 6 heteroatoms. The van der Waals surface area contributed by atoms with Gasteiger partial charge in [0.05, 0.1) is 0 Å². The molecule has 0 rings (SSSR count). The average Bonchev–Trinajstić information content (AvgIpc) is 0.722. The Morgan fingerprint density at radius 1 is 1.17 bits per heavy atom. The van der Waals surface area contributed by atoms with Gasteiger partial charge < -0.3 is 9.11 Å². The minimum atomic E-state index is -5.17. The predicted octanol–water partition coefficient (Wildman–Crippen LogP) is -1.34. The molecule has 0 saturated carbocycles. The zero-order chi connectivity index (χ0) is 4.50. The summed E-state index contributed by atoms with van der Waals surface area (Å²) in [6, 6.07) is 0. The molecule has 0 aliphatic carbocycles. The Labute approximate surface area is 48.8 Å². The van der Waals surface area contributed by atoms with Crippen LogP contribution in [0.25, 0.3) is 0 Å². The summed E-state index contributed by atoms with van der Waals surface area (Å²) in [5.74, 6) is 0. The van der Waals surface area contributed by atoms with Crippen molar-refractivity contribution in [3.05, 3.63) is 0 Å². The summed E-state index contributed by atoms with van der Waals surface area (Å²) in [7, 11) is -5.17. The van der Waals surface area contributed by atoms with E-state index in [9.17, 15) is 0 Å². The van der Waals surface area contributed by atoms with Crippen LogP contribution in [-0.2, 0) is 30.8 Å². The van der Waals surface area contributed by atoms with Crippen molar-refractivity contribution in [1.82, 2.24) is 0 Å². The molecule has 0 heterocycles. The van der Waals surface area contributed by atoms with Gasteiger partial charge in [-0.05, 0) is 0 Å². The van der Waals surface area contributed by atoms with Crippen LogP contribution in [0, 0.1) is 0 Å². The summed E-state index contributed by atoms with van der Waals surface area (Å²) >= 11 is 0. The maximum atomic E-state index is 8.52. The summed E-state index contributed by atoms with van der Waals surface area (Å²) in [6.45, 7) is 0. The fourth-order valence-corrected chi connectivity index (χ4v) is 0. The first-order valence-electron chi connectivity index (χ1n) is 0.667. The average molecular weight is 202 g/mol. The minimum absolute atomic E-state index is 0. The Morgan fingerprint density at radius 2 is 1.17 bits per heavy atom. The monoisotopic (exact) mass is 202 g/mol. The second kappa shape index (κ2) is 2.66. The summed E-state index contributed by atoms with van der Waals surface area (Å²) in [5, 5.41) is 0. The maximum absolute atomic E-state index is 8.52. The zero-order valence-electron chi connectivity index (χ0n) is 2.36. The molecule has 0 spiro atoms. The van der Waals surface area contributed by atoms with Crippen molar-refractivity contribution in [2.24, 2.45) is 0 Å². The molecule has 42 valence electrons. The van der Waals surface area contributed by atoms with E-state index in [2.05, 4.69) is 0 Å². The van der Waals surface area contributed by atoms with Gasteiger partial charge in [-0.15, -0.1) is 0 Å². The van der Waals surface area contributed by atoms with Crippen molar-refractivity contribution in [2.45, 2.75) is 0 Å². The molecule has 0 aromatic carbocycles. The predicted molar refractivity (Wildman–Crippen MR) is 10.5 cm³/mol. The van der Waals surface area contributed by atoms with E-state index in [-0.39, 0.29) is 20.4 Å². The molecule has 0 atom stereocenters. The van der Waals surface area contributed by atoms with Crippen LogP contribution in [0.5, 0.6) is 0 Å². The molecular weight excluding hydrogens is 202 g/mol. The van der Waals surface area contributed by atoms with Gasteiger partial charge in [0, 0.05) is 30.8 Å². The van der Waals surface area contributed by atoms with Crippen molar-refractivity contribution in [3.8, 4) is 0 Å². The van der Waals surface area contributed by atoms with Gasteiger partial charge in [0.2, 0.25) is 0 Å². The Balaban J connectivity index is 0. The summed E-state index contributed by atoms with van der Waals surface area (Å²) in [5.41, 5.74) is 0. The van der Waals surface area contributed by atoms with E-state index in [1.165, 1.54) is 0 Å². The topological polar surface area (TPSA) is 80.3 Å². The molecular formula is O4PdS-2. The first-order valence-corrected chi connectivity index (χ1v) is 2.00. The molecule has 0 saturated heterocycles. The van der Waals surface area contributed by atoms with Gasteiger partial charge in [-0.1, -0.05) is 0 Å². The number of hydrogen-bond donors (Lipinski definition) is 0. The van der Waals surface area contributed by atoms with Crippen LogP contribution in [0.2, 0.25) is 0 Å². The molecule has 0 bridgehead atoms. The third kappa shape index (κ3) is 200. The van der Waals surface area contributed by atoms with Crippen LogP contribution >= 0.6 is 0 Å². The number of hydrogen-bond acceptors (Lipinski definition) is 4. The maximum Gasteiger partial charge on any atom is 0.0311 e. The van der Waals surface area contributed by atoms with Gasteiger partial charge in [0.25, 0.3) is 0 Å². The Kier molecular flexibility index (Phi) is 4.32. The van der Waals surface area contributed by atoms with Crippen LogP contribution in [0.1, 0.15) is 0 Å². The van der Waals surface area contributed by atoms with E-state index in [0.29, 0.717) is 0 Å². The Morgan fingerprint density at radius 3 is 1.17 bits per heavy atom. The molecule has 0 amide bonds. The molecule has 0 radical (unpaired) electrons. The van der Waals surface area contributed by atoms with Crippen molar-refractivity contribution < 1.29 is 37.9 Å². The normalized spacial score (nSPS) is 9.67. The molecule has 0 N–H and O–H groups in total. The molecule has 0 aliphatic heterocycles. The van der Waals surface area contributed by atoms with Crippen LogP contribution in [-0.4, -0.2) is 17.5 Å². The van der Waals surface area contributed by atoms with Crippen molar-refractivity contribution in [1.29, 1.82) is 0 Å². The minimum Gasteiger partial charge on any atom is -0.759 e. The molecule has 0 unspecified atom stereocenters. The number of rotatable bonds is 0. The first kappa shape index (κ1) is 9.73. The third-order valence-corrected chi connectivity index (χ3v) is 0. The van der Waals surface area contributed by atoms with Gasteiger partial charge in [0.15, 0.2) is 0 Å². The molecule has 6 heavy (non-hydrogen) atoms. The largest absolute Gasteiger partial charge is 0.759 e. The smallest absolute Gasteiger partial charge is 0.0311 e. The van der Waals surface area contributed by atoms with Gasteiger partial charge in [0.1, 0.15) is 0 Å². The second-order valence-electron chi connectivity index (χ2n) is 0.408. The fourth-order valence-electron chi connectivity index (χ4n) is 0. The molecule has 0 aromatic heterocycles. The zero-order valence-corrected chi connectivity index (χ0v) is 4.73. The quantitative estimate of drug-likeness (QED) is 0.277. The second-order valence-corrected chi connectivity index (χ2v) is 1.22. The van der Waals surface area contributed by atoms with Crippen molar-refractivity contribution in [3.63, 3.8) is 0 Å². The molecule has 0 aromatic rings. The van der Waals surface area contributed by atoms with E-state index in [4.69, 9.17) is 17.5 Å². The van der Waals surface area contributed by atoms with E-state index >= 15 is 0 Å². The Bertz CT molecular complexity index is 90.7. The van der Waals surface area contributed by atoms with E-state index in [1.54, 1.807) is 0 Å². The van der Waals surface area contributed by atoms with Gasteiger partial charge in [-0.3, -0.25) is 8.42 Å². The first-order chi connectivity index (χ1) is 2.00. The summed E-state index contributed by atoms with van der Waals surface area (Å²) < 4.78 is 34.1. The molecule has 0 aliphatic rings. The summed E-state index contributed by atoms with van der Waals surface area (Å²) in [4.78, 5) is 0. The van der Waals surface area contributed by atoms with Gasteiger partial charge >= 0.3 is 0 Å². The third-order valence-electron chi connectivity index (χ3n) is 0. The van der Waals surface area contributed by atoms with Gasteiger partial charge in [-0.25, -0.2) is 0 Å². The van der Waals surface area contributed by atoms with E-state index < -0.39 is 10.4 Å². The standard InChI is InChI=1S/H2O4S.Pd/c1-5(2,3)4;/h(H2,1,2,3,4);/p-2. The molecule has 4 nitrogen and oxygen atoms in total. The van der Waals surface area contributed by atoms with E-state index in [0.717, 1.165) is 0 Å². The Hall–Kier alpha value is 0.532. The SMILES string of the molecule is O=S(=O)([O-])[O-].[Pd]. The van der Waals surface area contributed by atoms with Gasteiger partial charge in [-0.2, -0.15) is 0 Å². The van der Waals surface area contributed by atoms with Crippen LogP contribution in [0.15, 0.2) is 0 Å². The van der Waals surface area contributed by atoms with E-state index in [1.807, 2.05) is 0 Å². The fraction of sp³-hybridized carbons (Fsp3) is 0. The van der Waals surface area contributed by atoms with Crippen LogP contribution in [0.3, 0.4) is 0 Å². The molecule has 0 fully saturated rings.